The van der Waals surface area contributed by atoms with Gasteiger partial charge in [0.2, 0.25) is 0 Å². The molecule has 17 heavy (non-hydrogen) atoms. The topological polar surface area (TPSA) is 49.8 Å². The van der Waals surface area contributed by atoms with Crippen molar-refractivity contribution >= 4 is 5.97 Å². The minimum Gasteiger partial charge on any atom is -0.493 e. The van der Waals surface area contributed by atoms with Gasteiger partial charge in [0.1, 0.15) is 5.75 Å². The van der Waals surface area contributed by atoms with Crippen LogP contribution in [-0.4, -0.2) is 43.2 Å². The molecule has 1 aromatic rings. The summed E-state index contributed by atoms with van der Waals surface area (Å²) in [6.07, 6.45) is 0. The molecule has 0 saturated carbocycles. The maximum absolute atomic E-state index is 10.7. The normalized spacial score (nSPS) is 12.5. The average Bonchev–Trinajstić information content (AvgIpc) is 2.26. The minimum atomic E-state index is -0.919. The number of rotatable bonds is 6. The number of nitrogens with zero attached hydrogens (tertiary/aromatic N) is 1. The molecule has 0 aromatic heterocycles. The molecule has 0 amide bonds. The van der Waals surface area contributed by atoms with Crippen LogP contribution in [0.1, 0.15) is 17.3 Å². The lowest BCUT2D eigenvalue weighted by molar-refractivity contribution is 0.0697. The highest BCUT2D eigenvalue weighted by atomic mass is 16.5. The SMILES string of the molecule is CC(COc1ccc(C(=O)O)cc1)CN(C)C. The molecule has 0 aliphatic rings. The molecule has 0 saturated heterocycles. The lowest BCUT2D eigenvalue weighted by atomic mass is 10.2. The molecule has 0 fully saturated rings. The monoisotopic (exact) mass is 237 g/mol. The fourth-order valence-corrected chi connectivity index (χ4v) is 1.61. The molecule has 0 aliphatic carbocycles. The van der Waals surface area contributed by atoms with Gasteiger partial charge < -0.3 is 14.7 Å². The largest absolute Gasteiger partial charge is 0.493 e. The van der Waals surface area contributed by atoms with E-state index in [-0.39, 0.29) is 5.56 Å². The number of carbonyl (C=O) groups is 1. The first kappa shape index (κ1) is 13.5. The van der Waals surface area contributed by atoms with Crippen LogP contribution >= 0.6 is 0 Å². The fourth-order valence-electron chi connectivity index (χ4n) is 1.61. The molecule has 1 rings (SSSR count). The first-order valence-electron chi connectivity index (χ1n) is 5.60. The van der Waals surface area contributed by atoms with E-state index in [1.54, 1.807) is 24.3 Å². The first-order chi connectivity index (χ1) is 7.99. The van der Waals surface area contributed by atoms with Crippen molar-refractivity contribution in [2.75, 3.05) is 27.2 Å². The van der Waals surface area contributed by atoms with Gasteiger partial charge in [-0.25, -0.2) is 4.79 Å². The van der Waals surface area contributed by atoms with Crippen LogP contribution in [0.25, 0.3) is 0 Å². The summed E-state index contributed by atoms with van der Waals surface area (Å²) in [4.78, 5) is 12.8. The van der Waals surface area contributed by atoms with Crippen LogP contribution in [0, 0.1) is 5.92 Å². The summed E-state index contributed by atoms with van der Waals surface area (Å²) in [6.45, 7) is 3.71. The molecule has 94 valence electrons. The molecule has 0 aliphatic heterocycles. The first-order valence-corrected chi connectivity index (χ1v) is 5.60. The molecule has 4 nitrogen and oxygen atoms in total. The molecule has 1 unspecified atom stereocenters. The zero-order valence-corrected chi connectivity index (χ0v) is 10.5. The predicted molar refractivity (Wildman–Crippen MR) is 66.6 cm³/mol. The van der Waals surface area contributed by atoms with E-state index in [9.17, 15) is 4.79 Å². The van der Waals surface area contributed by atoms with Gasteiger partial charge in [0.05, 0.1) is 12.2 Å². The summed E-state index contributed by atoms with van der Waals surface area (Å²) < 4.78 is 5.58. The predicted octanol–water partition coefficient (Wildman–Crippen LogP) is 1.96. The number of carboxylic acids is 1. The number of carboxylic acid groups (broad SMARTS) is 1. The fraction of sp³-hybridized carbons (Fsp3) is 0.462. The van der Waals surface area contributed by atoms with Crippen molar-refractivity contribution in [2.45, 2.75) is 6.92 Å². The van der Waals surface area contributed by atoms with E-state index in [0.29, 0.717) is 18.3 Å². The summed E-state index contributed by atoms with van der Waals surface area (Å²) in [7, 11) is 4.05. The lowest BCUT2D eigenvalue weighted by Crippen LogP contribution is -2.24. The number of benzene rings is 1. The summed E-state index contributed by atoms with van der Waals surface area (Å²) in [5, 5.41) is 8.75. The Kier molecular flexibility index (Phi) is 4.97. The second-order valence-corrected chi connectivity index (χ2v) is 4.51. The number of aromatic carboxylic acids is 1. The van der Waals surface area contributed by atoms with Crippen molar-refractivity contribution in [1.29, 1.82) is 0 Å². The molecule has 1 aromatic carbocycles. The van der Waals surface area contributed by atoms with Crippen molar-refractivity contribution in [1.82, 2.24) is 4.90 Å². The Labute approximate surface area is 102 Å². The van der Waals surface area contributed by atoms with Gasteiger partial charge in [0.15, 0.2) is 0 Å². The van der Waals surface area contributed by atoms with Crippen LogP contribution in [0.3, 0.4) is 0 Å². The van der Waals surface area contributed by atoms with Crippen molar-refractivity contribution in [2.24, 2.45) is 5.92 Å². The van der Waals surface area contributed by atoms with Crippen LogP contribution in [0.5, 0.6) is 5.75 Å². The Bertz CT molecular complexity index is 359. The highest BCUT2D eigenvalue weighted by Crippen LogP contribution is 2.13. The number of hydrogen-bond donors (Lipinski definition) is 1. The van der Waals surface area contributed by atoms with Crippen LogP contribution in [-0.2, 0) is 0 Å². The molecule has 0 bridgehead atoms. The van der Waals surface area contributed by atoms with E-state index in [1.807, 2.05) is 14.1 Å². The maximum atomic E-state index is 10.7. The Hall–Kier alpha value is -1.55. The van der Waals surface area contributed by atoms with Gasteiger partial charge in [-0.05, 0) is 38.4 Å². The van der Waals surface area contributed by atoms with E-state index in [4.69, 9.17) is 9.84 Å². The minimum absolute atomic E-state index is 0.277. The molecule has 0 radical (unpaired) electrons. The number of hydrogen-bond acceptors (Lipinski definition) is 3. The van der Waals surface area contributed by atoms with E-state index in [0.717, 1.165) is 6.54 Å². The molecule has 1 atom stereocenters. The van der Waals surface area contributed by atoms with Crippen LogP contribution in [0.15, 0.2) is 24.3 Å². The van der Waals surface area contributed by atoms with Crippen molar-refractivity contribution < 1.29 is 14.6 Å². The number of ether oxygens (including phenoxy) is 1. The lowest BCUT2D eigenvalue weighted by Gasteiger charge is -2.17. The van der Waals surface area contributed by atoms with Crippen molar-refractivity contribution in [3.05, 3.63) is 29.8 Å². The molecule has 1 N–H and O–H groups in total. The molecule has 0 spiro atoms. The Morgan fingerprint density at radius 1 is 1.35 bits per heavy atom. The molecule has 4 heteroatoms. The third-order valence-corrected chi connectivity index (χ3v) is 2.31. The van der Waals surface area contributed by atoms with Crippen molar-refractivity contribution in [3.8, 4) is 5.75 Å². The zero-order valence-electron chi connectivity index (χ0n) is 10.5. The highest BCUT2D eigenvalue weighted by Gasteiger charge is 2.06. The van der Waals surface area contributed by atoms with Gasteiger partial charge in [0.25, 0.3) is 0 Å². The summed E-state index contributed by atoms with van der Waals surface area (Å²) >= 11 is 0. The van der Waals surface area contributed by atoms with Gasteiger partial charge >= 0.3 is 5.97 Å². The van der Waals surface area contributed by atoms with E-state index < -0.39 is 5.97 Å². The maximum Gasteiger partial charge on any atom is 0.335 e. The Morgan fingerprint density at radius 2 is 1.94 bits per heavy atom. The van der Waals surface area contributed by atoms with Gasteiger partial charge in [-0.1, -0.05) is 6.92 Å². The van der Waals surface area contributed by atoms with Gasteiger partial charge in [-0.3, -0.25) is 0 Å². The summed E-state index contributed by atoms with van der Waals surface area (Å²) in [5.74, 6) is 0.224. The van der Waals surface area contributed by atoms with Gasteiger partial charge in [0, 0.05) is 12.5 Å². The van der Waals surface area contributed by atoms with E-state index >= 15 is 0 Å². The Balaban J connectivity index is 2.44. The molecular formula is C13H19NO3. The third-order valence-electron chi connectivity index (χ3n) is 2.31. The Morgan fingerprint density at radius 3 is 2.41 bits per heavy atom. The molecule has 0 heterocycles. The van der Waals surface area contributed by atoms with E-state index in [1.165, 1.54) is 0 Å². The van der Waals surface area contributed by atoms with E-state index in [2.05, 4.69) is 11.8 Å². The van der Waals surface area contributed by atoms with Crippen LogP contribution in [0.2, 0.25) is 0 Å². The second kappa shape index (κ2) is 6.25. The van der Waals surface area contributed by atoms with Crippen LogP contribution < -0.4 is 4.74 Å². The second-order valence-electron chi connectivity index (χ2n) is 4.51. The summed E-state index contributed by atoms with van der Waals surface area (Å²) in [5.41, 5.74) is 0.277. The van der Waals surface area contributed by atoms with Gasteiger partial charge in [-0.15, -0.1) is 0 Å². The highest BCUT2D eigenvalue weighted by molar-refractivity contribution is 5.87. The van der Waals surface area contributed by atoms with Gasteiger partial charge in [-0.2, -0.15) is 0 Å². The zero-order chi connectivity index (χ0) is 12.8. The third kappa shape index (κ3) is 4.87. The van der Waals surface area contributed by atoms with Crippen LogP contribution in [0.4, 0.5) is 0 Å². The quantitative estimate of drug-likeness (QED) is 0.821. The molecular weight excluding hydrogens is 218 g/mol. The van der Waals surface area contributed by atoms with Crippen molar-refractivity contribution in [3.63, 3.8) is 0 Å². The smallest absolute Gasteiger partial charge is 0.335 e. The standard InChI is InChI=1S/C13H19NO3/c1-10(8-14(2)3)9-17-12-6-4-11(5-7-12)13(15)16/h4-7,10H,8-9H2,1-3H3,(H,15,16). The average molecular weight is 237 g/mol. The summed E-state index contributed by atoms with van der Waals surface area (Å²) in [6, 6.07) is 6.47.